The van der Waals surface area contributed by atoms with E-state index in [1.165, 1.54) is 7.11 Å². The summed E-state index contributed by atoms with van der Waals surface area (Å²) in [5.41, 5.74) is -5.29. The zero-order chi connectivity index (χ0) is 10.5. The van der Waals surface area contributed by atoms with E-state index in [2.05, 4.69) is 9.46 Å². The van der Waals surface area contributed by atoms with Crippen LogP contribution in [0.3, 0.4) is 0 Å². The van der Waals surface area contributed by atoms with Gasteiger partial charge in [0.05, 0.1) is 0 Å². The van der Waals surface area contributed by atoms with Gasteiger partial charge in [-0.05, 0) is 6.42 Å². The molecule has 0 unspecified atom stereocenters. The number of nitrogens with zero attached hydrogens (tertiary/aromatic N) is 1. The van der Waals surface area contributed by atoms with E-state index in [1.54, 1.807) is 0 Å². The molecule has 0 saturated carbocycles. The van der Waals surface area contributed by atoms with E-state index in [4.69, 9.17) is 0 Å². The van der Waals surface area contributed by atoms with Crippen LogP contribution in [0, 0.1) is 0 Å². The molecule has 0 radical (unpaired) electrons. The Bertz CT molecular complexity index is 241. The Balaban J connectivity index is 0. The molecule has 0 aromatic carbocycles. The third-order valence-corrected chi connectivity index (χ3v) is 2.17. The van der Waals surface area contributed by atoms with Crippen LogP contribution in [0.15, 0.2) is 0 Å². The molecule has 14 heavy (non-hydrogen) atoms. The van der Waals surface area contributed by atoms with Crippen molar-refractivity contribution in [1.29, 1.82) is 0 Å². The molecule has 0 heterocycles. The number of methoxy groups -OCH3 is 1. The van der Waals surface area contributed by atoms with Gasteiger partial charge in [-0.2, -0.15) is 13.2 Å². The Kier molecular flexibility index (Phi) is 9.54. The van der Waals surface area contributed by atoms with Gasteiger partial charge in [-0.1, -0.05) is 0 Å². The molecule has 80 valence electrons. The van der Waals surface area contributed by atoms with Gasteiger partial charge >= 0.3 is 56.9 Å². The topological polar surface area (TPSA) is 57.5 Å². The second-order valence-electron chi connectivity index (χ2n) is 2.12. The van der Waals surface area contributed by atoms with Crippen LogP contribution in [0.4, 0.5) is 13.2 Å². The standard InChI is InChI=1S/C5H9F3NO3S.K/c1-12-4-2-3-9-13(10,11)5(6,7)8;/h2-4H2,1H3;/q-1;+1. The van der Waals surface area contributed by atoms with Gasteiger partial charge in [-0.25, -0.2) is 8.42 Å². The molecule has 9 heteroatoms. The Morgan fingerprint density at radius 3 is 2.21 bits per heavy atom. The minimum atomic E-state index is -5.31. The molecule has 4 nitrogen and oxygen atoms in total. The molecule has 0 aromatic rings. The van der Waals surface area contributed by atoms with Crippen molar-refractivity contribution in [2.75, 3.05) is 20.3 Å². The monoisotopic (exact) mass is 259 g/mol. The first-order chi connectivity index (χ1) is 5.81. The maximum Gasteiger partial charge on any atom is 1.00 e. The first kappa shape index (κ1) is 17.7. The molecular weight excluding hydrogens is 250 g/mol. The van der Waals surface area contributed by atoms with Crippen molar-refractivity contribution in [2.24, 2.45) is 0 Å². The molecule has 0 rings (SSSR count). The van der Waals surface area contributed by atoms with Gasteiger partial charge in [0, 0.05) is 13.7 Å². The van der Waals surface area contributed by atoms with Crippen molar-refractivity contribution in [3.8, 4) is 0 Å². The van der Waals surface area contributed by atoms with Crippen LogP contribution in [0.1, 0.15) is 6.42 Å². The van der Waals surface area contributed by atoms with E-state index in [0.717, 1.165) is 0 Å². The van der Waals surface area contributed by atoms with E-state index in [0.29, 0.717) is 0 Å². The normalized spacial score (nSPS) is 12.3. The van der Waals surface area contributed by atoms with E-state index in [1.807, 2.05) is 0 Å². The molecule has 0 fully saturated rings. The maximum absolute atomic E-state index is 11.6. The van der Waals surface area contributed by atoms with Gasteiger partial charge in [0.1, 0.15) is 0 Å². The van der Waals surface area contributed by atoms with Gasteiger partial charge in [0.2, 0.25) is 0 Å². The third-order valence-electron chi connectivity index (χ3n) is 1.06. The molecule has 0 aliphatic heterocycles. The summed E-state index contributed by atoms with van der Waals surface area (Å²) in [6, 6.07) is 0. The maximum atomic E-state index is 11.6. The van der Waals surface area contributed by atoms with Gasteiger partial charge in [-0.15, -0.1) is 6.54 Å². The number of rotatable bonds is 5. The molecular formula is C5H9F3KNO3S. The van der Waals surface area contributed by atoms with Crippen LogP contribution >= 0.6 is 0 Å². The smallest absolute Gasteiger partial charge is 0.541 e. The average Bonchev–Trinajstić information content (AvgIpc) is 1.96. The molecule has 0 aromatic heterocycles. The van der Waals surface area contributed by atoms with Crippen molar-refractivity contribution in [1.82, 2.24) is 0 Å². The summed E-state index contributed by atoms with van der Waals surface area (Å²) >= 11 is 0. The number of sulfonamides is 1. The van der Waals surface area contributed by atoms with Crippen LogP contribution in [0.25, 0.3) is 4.72 Å². The van der Waals surface area contributed by atoms with Crippen LogP contribution < -0.4 is 51.4 Å². The van der Waals surface area contributed by atoms with Crippen LogP contribution in [0.2, 0.25) is 0 Å². The van der Waals surface area contributed by atoms with E-state index >= 15 is 0 Å². The van der Waals surface area contributed by atoms with Gasteiger partial charge in [-0.3, -0.25) is 0 Å². The van der Waals surface area contributed by atoms with Crippen LogP contribution in [0.5, 0.6) is 0 Å². The Hall–Kier alpha value is 1.30. The first-order valence-corrected chi connectivity index (χ1v) is 4.74. The fourth-order valence-electron chi connectivity index (χ4n) is 0.467. The van der Waals surface area contributed by atoms with Crippen molar-refractivity contribution in [3.63, 3.8) is 0 Å². The predicted molar refractivity (Wildman–Crippen MR) is 39.7 cm³/mol. The fourth-order valence-corrected chi connectivity index (χ4v) is 0.983. The van der Waals surface area contributed by atoms with E-state index in [-0.39, 0.29) is 64.4 Å². The molecule has 0 bridgehead atoms. The fraction of sp³-hybridized carbons (Fsp3) is 1.00. The second-order valence-corrected chi connectivity index (χ2v) is 3.79. The summed E-state index contributed by atoms with van der Waals surface area (Å²) in [7, 11) is -3.95. The van der Waals surface area contributed by atoms with Gasteiger partial charge < -0.3 is 9.46 Å². The van der Waals surface area contributed by atoms with Crippen molar-refractivity contribution in [3.05, 3.63) is 4.72 Å². The Morgan fingerprint density at radius 1 is 1.36 bits per heavy atom. The first-order valence-electron chi connectivity index (χ1n) is 3.30. The zero-order valence-corrected chi connectivity index (χ0v) is 11.8. The summed E-state index contributed by atoms with van der Waals surface area (Å²) in [6.07, 6.45) is 0.145. The van der Waals surface area contributed by atoms with Crippen molar-refractivity contribution >= 4 is 10.0 Å². The van der Waals surface area contributed by atoms with Gasteiger partial charge in [0.25, 0.3) is 0 Å². The van der Waals surface area contributed by atoms with Crippen molar-refractivity contribution < 1.29 is 77.7 Å². The van der Waals surface area contributed by atoms with Crippen molar-refractivity contribution in [2.45, 2.75) is 11.9 Å². The summed E-state index contributed by atoms with van der Waals surface area (Å²) < 4.78 is 62.5. The minimum Gasteiger partial charge on any atom is -0.541 e. The summed E-state index contributed by atoms with van der Waals surface area (Å²) in [4.78, 5) is 0. The molecule has 0 aliphatic carbocycles. The molecule has 0 atom stereocenters. The summed E-state index contributed by atoms with van der Waals surface area (Å²) in [5.74, 6) is 0. The van der Waals surface area contributed by atoms with E-state index in [9.17, 15) is 21.6 Å². The number of ether oxygens (including phenoxy) is 1. The molecule has 0 saturated heterocycles. The number of halogens is 3. The van der Waals surface area contributed by atoms with Crippen LogP contribution in [-0.2, 0) is 14.8 Å². The summed E-state index contributed by atoms with van der Waals surface area (Å²) in [5, 5.41) is 0. The quantitative estimate of drug-likeness (QED) is 0.434. The second kappa shape index (κ2) is 7.55. The number of alkyl halides is 3. The van der Waals surface area contributed by atoms with Crippen LogP contribution in [-0.4, -0.2) is 34.2 Å². The molecule has 0 spiro atoms. The molecule has 0 aliphatic rings. The average molecular weight is 259 g/mol. The SMILES string of the molecule is COCCC[N-]S(=O)(=O)C(F)(F)F.[K+]. The minimum absolute atomic E-state index is 0. The molecule has 0 amide bonds. The van der Waals surface area contributed by atoms with Gasteiger partial charge in [0.15, 0.2) is 10.0 Å². The Morgan fingerprint density at radius 2 is 1.86 bits per heavy atom. The predicted octanol–water partition coefficient (Wildman–Crippen LogP) is -1.75. The molecule has 0 N–H and O–H groups in total. The zero-order valence-electron chi connectivity index (χ0n) is 7.84. The third kappa shape index (κ3) is 6.72. The Labute approximate surface area is 123 Å². The summed E-state index contributed by atoms with van der Waals surface area (Å²) in [6.45, 7) is -0.230. The largest absolute Gasteiger partial charge is 1.00 e. The van der Waals surface area contributed by atoms with E-state index < -0.39 is 22.1 Å². The number of hydrogen-bond donors (Lipinski definition) is 0. The number of hydrogen-bond acceptors (Lipinski definition) is 3.